The van der Waals surface area contributed by atoms with Crippen molar-refractivity contribution in [2.75, 3.05) is 26.4 Å². The predicted molar refractivity (Wildman–Crippen MR) is 84.4 cm³/mol. The van der Waals surface area contributed by atoms with E-state index in [1.807, 2.05) is 13.8 Å². The zero-order valence-electron chi connectivity index (χ0n) is 14.0. The first-order chi connectivity index (χ1) is 10.3. The van der Waals surface area contributed by atoms with Crippen LogP contribution in [-0.2, 0) is 14.2 Å². The van der Waals surface area contributed by atoms with Crippen molar-refractivity contribution in [2.45, 2.75) is 77.7 Å². The maximum absolute atomic E-state index is 6.00. The Bertz CT molecular complexity index is 286. The number of hydrogen-bond donors (Lipinski definition) is 1. The monoisotopic (exact) mass is 299 g/mol. The fourth-order valence-corrected chi connectivity index (χ4v) is 4.13. The van der Waals surface area contributed by atoms with Gasteiger partial charge >= 0.3 is 0 Å². The van der Waals surface area contributed by atoms with Gasteiger partial charge in [-0.05, 0) is 40.0 Å². The molecule has 0 amide bonds. The van der Waals surface area contributed by atoms with Crippen LogP contribution in [-0.4, -0.2) is 44.8 Å². The summed E-state index contributed by atoms with van der Waals surface area (Å²) in [5.74, 6) is 0. The van der Waals surface area contributed by atoms with Gasteiger partial charge < -0.3 is 19.5 Å². The van der Waals surface area contributed by atoms with E-state index in [4.69, 9.17) is 14.2 Å². The molecule has 1 N–H and O–H groups in total. The van der Waals surface area contributed by atoms with Gasteiger partial charge in [-0.1, -0.05) is 19.3 Å². The highest BCUT2D eigenvalue weighted by molar-refractivity contribution is 5.08. The summed E-state index contributed by atoms with van der Waals surface area (Å²) in [5, 5.41) is 3.71. The molecule has 0 aromatic rings. The summed E-state index contributed by atoms with van der Waals surface area (Å²) in [4.78, 5) is 0. The zero-order valence-corrected chi connectivity index (χ0v) is 14.0. The molecule has 0 aromatic carbocycles. The number of rotatable bonds is 9. The fraction of sp³-hybridized carbons (Fsp3) is 1.00. The Kier molecular flexibility index (Phi) is 6.93. The SMILES string of the molecule is CCOC(CNC1CC(OCC)C12CCCCC2)OCC. The van der Waals surface area contributed by atoms with Crippen molar-refractivity contribution in [3.63, 3.8) is 0 Å². The van der Waals surface area contributed by atoms with E-state index in [2.05, 4.69) is 12.2 Å². The molecule has 0 saturated heterocycles. The van der Waals surface area contributed by atoms with E-state index in [0.717, 1.165) is 19.6 Å². The number of ether oxygens (including phenoxy) is 3. The smallest absolute Gasteiger partial charge is 0.169 e. The summed E-state index contributed by atoms with van der Waals surface area (Å²) in [5.41, 5.74) is 0.372. The Morgan fingerprint density at radius 3 is 2.24 bits per heavy atom. The molecule has 1 spiro atoms. The van der Waals surface area contributed by atoms with E-state index in [1.165, 1.54) is 32.1 Å². The lowest BCUT2D eigenvalue weighted by atomic mass is 9.55. The van der Waals surface area contributed by atoms with Crippen LogP contribution in [0, 0.1) is 5.41 Å². The molecule has 2 unspecified atom stereocenters. The Balaban J connectivity index is 1.87. The van der Waals surface area contributed by atoms with Crippen molar-refractivity contribution in [3.05, 3.63) is 0 Å². The zero-order chi connectivity index (χ0) is 15.1. The van der Waals surface area contributed by atoms with Crippen LogP contribution >= 0.6 is 0 Å². The quantitative estimate of drug-likeness (QED) is 0.664. The molecule has 2 fully saturated rings. The van der Waals surface area contributed by atoms with Crippen molar-refractivity contribution < 1.29 is 14.2 Å². The van der Waals surface area contributed by atoms with Gasteiger partial charge in [0, 0.05) is 37.8 Å². The predicted octanol–water partition coefficient (Wildman–Crippen LogP) is 3.10. The number of nitrogens with one attached hydrogen (secondary N) is 1. The van der Waals surface area contributed by atoms with Crippen LogP contribution in [0.2, 0.25) is 0 Å². The third-order valence-corrected chi connectivity index (χ3v) is 5.17. The molecule has 0 bridgehead atoms. The minimum atomic E-state index is -0.119. The Labute approximate surface area is 129 Å². The van der Waals surface area contributed by atoms with E-state index in [0.29, 0.717) is 30.8 Å². The van der Waals surface area contributed by atoms with Crippen molar-refractivity contribution in [1.82, 2.24) is 5.32 Å². The minimum absolute atomic E-state index is 0.119. The normalized spacial score (nSPS) is 28.0. The van der Waals surface area contributed by atoms with E-state index < -0.39 is 0 Å². The maximum Gasteiger partial charge on any atom is 0.169 e. The summed E-state index contributed by atoms with van der Waals surface area (Å²) in [7, 11) is 0. The van der Waals surface area contributed by atoms with Crippen LogP contribution in [0.3, 0.4) is 0 Å². The molecule has 4 nitrogen and oxygen atoms in total. The average molecular weight is 299 g/mol. The molecule has 0 heterocycles. The molecular formula is C17H33NO3. The summed E-state index contributed by atoms with van der Waals surface area (Å²) in [6.07, 6.45) is 8.17. The molecule has 0 aliphatic heterocycles. The number of hydrogen-bond acceptors (Lipinski definition) is 4. The molecule has 2 aliphatic carbocycles. The molecule has 2 atom stereocenters. The second kappa shape index (κ2) is 8.47. The van der Waals surface area contributed by atoms with Crippen LogP contribution in [0.1, 0.15) is 59.3 Å². The molecule has 2 saturated carbocycles. The molecule has 0 aromatic heterocycles. The molecule has 2 rings (SSSR count). The van der Waals surface area contributed by atoms with Gasteiger partial charge in [0.1, 0.15) is 0 Å². The van der Waals surface area contributed by atoms with Crippen LogP contribution in [0.25, 0.3) is 0 Å². The molecule has 4 heteroatoms. The van der Waals surface area contributed by atoms with E-state index in [9.17, 15) is 0 Å². The summed E-state index contributed by atoms with van der Waals surface area (Å²) >= 11 is 0. The lowest BCUT2D eigenvalue weighted by molar-refractivity contribution is -0.165. The molecule has 124 valence electrons. The van der Waals surface area contributed by atoms with E-state index >= 15 is 0 Å². The largest absolute Gasteiger partial charge is 0.378 e. The average Bonchev–Trinajstić information content (AvgIpc) is 2.51. The minimum Gasteiger partial charge on any atom is -0.378 e. The highest BCUT2D eigenvalue weighted by Gasteiger charge is 2.55. The van der Waals surface area contributed by atoms with Crippen LogP contribution in [0.15, 0.2) is 0 Å². The molecule has 0 radical (unpaired) electrons. The van der Waals surface area contributed by atoms with Crippen LogP contribution in [0.4, 0.5) is 0 Å². The lowest BCUT2D eigenvalue weighted by Crippen LogP contribution is -2.65. The first kappa shape index (κ1) is 17.2. The highest BCUT2D eigenvalue weighted by Crippen LogP contribution is 2.53. The Morgan fingerprint density at radius 2 is 1.67 bits per heavy atom. The summed E-state index contributed by atoms with van der Waals surface area (Å²) < 4.78 is 17.3. The second-order valence-corrected chi connectivity index (χ2v) is 6.27. The summed E-state index contributed by atoms with van der Waals surface area (Å²) in [6.45, 7) is 9.16. The van der Waals surface area contributed by atoms with Gasteiger partial charge in [0.25, 0.3) is 0 Å². The van der Waals surface area contributed by atoms with E-state index in [-0.39, 0.29) is 6.29 Å². The van der Waals surface area contributed by atoms with Gasteiger partial charge in [-0.25, -0.2) is 0 Å². The van der Waals surface area contributed by atoms with Crippen LogP contribution in [0.5, 0.6) is 0 Å². The van der Waals surface area contributed by atoms with Crippen LogP contribution < -0.4 is 5.32 Å². The third kappa shape index (κ3) is 3.98. The van der Waals surface area contributed by atoms with Crippen molar-refractivity contribution in [1.29, 1.82) is 0 Å². The first-order valence-electron chi connectivity index (χ1n) is 8.85. The molecular weight excluding hydrogens is 266 g/mol. The van der Waals surface area contributed by atoms with Crippen molar-refractivity contribution in [3.8, 4) is 0 Å². The topological polar surface area (TPSA) is 39.7 Å². The van der Waals surface area contributed by atoms with Crippen molar-refractivity contribution in [2.24, 2.45) is 5.41 Å². The van der Waals surface area contributed by atoms with Gasteiger partial charge in [0.15, 0.2) is 6.29 Å². The fourth-order valence-electron chi connectivity index (χ4n) is 4.13. The van der Waals surface area contributed by atoms with Gasteiger partial charge in [0.2, 0.25) is 0 Å². The Hall–Kier alpha value is -0.160. The lowest BCUT2D eigenvalue weighted by Gasteiger charge is -2.58. The third-order valence-electron chi connectivity index (χ3n) is 5.17. The Morgan fingerprint density at radius 1 is 1.00 bits per heavy atom. The molecule has 2 aliphatic rings. The standard InChI is InChI=1S/C17H33NO3/c1-4-19-15-12-14(17(15)10-8-7-9-11-17)18-13-16(20-5-2)21-6-3/h14-16,18H,4-13H2,1-3H3. The summed E-state index contributed by atoms with van der Waals surface area (Å²) in [6, 6.07) is 0.567. The van der Waals surface area contributed by atoms with Gasteiger partial charge in [-0.2, -0.15) is 0 Å². The van der Waals surface area contributed by atoms with Gasteiger partial charge in [0.05, 0.1) is 6.10 Å². The first-order valence-corrected chi connectivity index (χ1v) is 8.85. The van der Waals surface area contributed by atoms with Gasteiger partial charge in [-0.15, -0.1) is 0 Å². The van der Waals surface area contributed by atoms with Gasteiger partial charge in [-0.3, -0.25) is 0 Å². The highest BCUT2D eigenvalue weighted by atomic mass is 16.7. The second-order valence-electron chi connectivity index (χ2n) is 6.27. The maximum atomic E-state index is 6.00. The molecule has 21 heavy (non-hydrogen) atoms. The van der Waals surface area contributed by atoms with E-state index in [1.54, 1.807) is 0 Å². The van der Waals surface area contributed by atoms with Crippen molar-refractivity contribution >= 4 is 0 Å².